The largest absolute Gasteiger partial charge is 0.496 e. The third kappa shape index (κ3) is 6.13. The second-order valence-corrected chi connectivity index (χ2v) is 7.92. The van der Waals surface area contributed by atoms with Crippen LogP contribution in [0.5, 0.6) is 5.75 Å². The lowest BCUT2D eigenvalue weighted by molar-refractivity contribution is 0.0976. The smallest absolute Gasteiger partial charge is 0.257 e. The Kier molecular flexibility index (Phi) is 7.38. The molecule has 2 amide bonds. The van der Waals surface area contributed by atoms with Crippen LogP contribution in [0.4, 0.5) is 11.4 Å². The number of methoxy groups -OCH3 is 1. The first-order chi connectivity index (χ1) is 14.9. The molecule has 3 aromatic rings. The predicted molar refractivity (Wildman–Crippen MR) is 130 cm³/mol. The minimum atomic E-state index is -0.366. The van der Waals surface area contributed by atoms with Crippen molar-refractivity contribution in [3.8, 4) is 5.75 Å². The van der Waals surface area contributed by atoms with Crippen LogP contribution in [0.25, 0.3) is 0 Å². The number of carbonyl (C=O) groups excluding carboxylic acids is 2. The number of amides is 2. The summed E-state index contributed by atoms with van der Waals surface area (Å²) in [7, 11) is 1.55. The molecule has 158 valence electrons. The van der Waals surface area contributed by atoms with Crippen molar-refractivity contribution in [3.05, 3.63) is 87.9 Å². The van der Waals surface area contributed by atoms with Gasteiger partial charge in [0.15, 0.2) is 5.11 Å². The van der Waals surface area contributed by atoms with Crippen molar-refractivity contribution >= 4 is 56.4 Å². The van der Waals surface area contributed by atoms with Crippen LogP contribution in [0, 0.1) is 6.92 Å². The van der Waals surface area contributed by atoms with E-state index in [-0.39, 0.29) is 16.9 Å². The van der Waals surface area contributed by atoms with E-state index in [1.807, 2.05) is 31.2 Å². The molecule has 0 aromatic heterocycles. The van der Waals surface area contributed by atoms with Crippen LogP contribution in [0.1, 0.15) is 26.3 Å². The van der Waals surface area contributed by atoms with Gasteiger partial charge in [0.25, 0.3) is 11.8 Å². The fraction of sp³-hybridized carbons (Fsp3) is 0.0870. The highest BCUT2D eigenvalue weighted by atomic mass is 79.9. The molecule has 6 nitrogen and oxygen atoms in total. The molecular weight excluding hydrogens is 478 g/mol. The Bertz CT molecular complexity index is 1150. The van der Waals surface area contributed by atoms with E-state index in [1.54, 1.807) is 49.6 Å². The van der Waals surface area contributed by atoms with Gasteiger partial charge in [0.1, 0.15) is 5.75 Å². The first-order valence-corrected chi connectivity index (χ1v) is 10.5. The quantitative estimate of drug-likeness (QED) is 0.425. The number of hydrogen-bond donors (Lipinski definition) is 3. The Hall–Kier alpha value is -3.23. The maximum atomic E-state index is 12.6. The third-order valence-corrected chi connectivity index (χ3v) is 5.12. The highest BCUT2D eigenvalue weighted by Gasteiger charge is 2.12. The second kappa shape index (κ2) is 10.2. The molecule has 0 radical (unpaired) electrons. The van der Waals surface area contributed by atoms with E-state index in [0.29, 0.717) is 27.0 Å². The van der Waals surface area contributed by atoms with E-state index < -0.39 is 0 Å². The van der Waals surface area contributed by atoms with Crippen LogP contribution in [0.2, 0.25) is 0 Å². The van der Waals surface area contributed by atoms with Crippen LogP contribution < -0.4 is 20.7 Å². The molecule has 0 saturated heterocycles. The molecule has 0 heterocycles. The summed E-state index contributed by atoms with van der Waals surface area (Å²) in [6, 6.07) is 19.4. The van der Waals surface area contributed by atoms with Gasteiger partial charge < -0.3 is 15.4 Å². The summed E-state index contributed by atoms with van der Waals surface area (Å²) in [5.74, 6) is 0.0134. The van der Waals surface area contributed by atoms with Crippen LogP contribution in [0.3, 0.4) is 0 Å². The molecule has 0 saturated carbocycles. The zero-order valence-electron chi connectivity index (χ0n) is 16.9. The molecular formula is C23H20BrN3O3S. The highest BCUT2D eigenvalue weighted by molar-refractivity contribution is 9.10. The van der Waals surface area contributed by atoms with E-state index in [1.165, 1.54) is 0 Å². The number of rotatable bonds is 5. The van der Waals surface area contributed by atoms with Crippen LogP contribution >= 0.6 is 28.1 Å². The normalized spacial score (nSPS) is 10.2. The molecule has 0 aliphatic rings. The fourth-order valence-electron chi connectivity index (χ4n) is 2.81. The summed E-state index contributed by atoms with van der Waals surface area (Å²) in [5, 5.41) is 8.54. The van der Waals surface area contributed by atoms with Crippen molar-refractivity contribution in [2.24, 2.45) is 0 Å². The first kappa shape index (κ1) is 22.5. The Morgan fingerprint density at radius 3 is 2.23 bits per heavy atom. The highest BCUT2D eigenvalue weighted by Crippen LogP contribution is 2.25. The monoisotopic (exact) mass is 497 g/mol. The number of anilines is 2. The lowest BCUT2D eigenvalue weighted by Crippen LogP contribution is -2.34. The number of benzene rings is 3. The maximum absolute atomic E-state index is 12.6. The zero-order valence-corrected chi connectivity index (χ0v) is 19.3. The molecule has 0 unspecified atom stereocenters. The summed E-state index contributed by atoms with van der Waals surface area (Å²) in [6.07, 6.45) is 0. The maximum Gasteiger partial charge on any atom is 0.257 e. The Labute approximate surface area is 194 Å². The van der Waals surface area contributed by atoms with Gasteiger partial charge in [-0.25, -0.2) is 0 Å². The molecule has 3 rings (SSSR count). The Morgan fingerprint density at radius 2 is 1.55 bits per heavy atom. The molecule has 8 heteroatoms. The van der Waals surface area contributed by atoms with Crippen molar-refractivity contribution in [1.29, 1.82) is 0 Å². The average molecular weight is 498 g/mol. The van der Waals surface area contributed by atoms with Gasteiger partial charge in [-0.2, -0.15) is 0 Å². The van der Waals surface area contributed by atoms with Gasteiger partial charge in [-0.05, 0) is 89.2 Å². The van der Waals surface area contributed by atoms with Crippen molar-refractivity contribution in [2.75, 3.05) is 17.7 Å². The van der Waals surface area contributed by atoms with Gasteiger partial charge in [0, 0.05) is 22.5 Å². The summed E-state index contributed by atoms with van der Waals surface area (Å²) in [5.41, 5.74) is 3.23. The van der Waals surface area contributed by atoms with Crippen molar-refractivity contribution in [2.45, 2.75) is 6.92 Å². The van der Waals surface area contributed by atoms with Crippen molar-refractivity contribution < 1.29 is 14.3 Å². The average Bonchev–Trinajstić information content (AvgIpc) is 2.73. The molecule has 0 aliphatic heterocycles. The van der Waals surface area contributed by atoms with Crippen LogP contribution in [-0.2, 0) is 0 Å². The second-order valence-electron chi connectivity index (χ2n) is 6.66. The molecule has 0 aliphatic carbocycles. The molecule has 0 fully saturated rings. The number of thiocarbonyl (C=S) groups is 1. The minimum absolute atomic E-state index is 0.119. The van der Waals surface area contributed by atoms with Crippen molar-refractivity contribution in [1.82, 2.24) is 5.32 Å². The molecule has 31 heavy (non-hydrogen) atoms. The van der Waals surface area contributed by atoms with E-state index in [9.17, 15) is 9.59 Å². The van der Waals surface area contributed by atoms with Gasteiger partial charge in [-0.3, -0.25) is 14.9 Å². The topological polar surface area (TPSA) is 79.5 Å². The number of halogens is 1. The number of ether oxygens (including phenoxy) is 1. The summed E-state index contributed by atoms with van der Waals surface area (Å²) in [4.78, 5) is 25.0. The van der Waals surface area contributed by atoms with E-state index in [0.717, 1.165) is 11.3 Å². The summed E-state index contributed by atoms with van der Waals surface area (Å²) >= 11 is 8.60. The minimum Gasteiger partial charge on any atom is -0.496 e. The third-order valence-electron chi connectivity index (χ3n) is 4.30. The Morgan fingerprint density at radius 1 is 0.871 bits per heavy atom. The van der Waals surface area contributed by atoms with Gasteiger partial charge >= 0.3 is 0 Å². The van der Waals surface area contributed by atoms with Gasteiger partial charge in [-0.15, -0.1) is 0 Å². The van der Waals surface area contributed by atoms with Crippen molar-refractivity contribution in [3.63, 3.8) is 0 Å². The van der Waals surface area contributed by atoms with E-state index in [4.69, 9.17) is 17.0 Å². The molecule has 3 N–H and O–H groups in total. The number of nitrogens with one attached hydrogen (secondary N) is 3. The molecule has 0 bridgehead atoms. The zero-order chi connectivity index (χ0) is 22.4. The van der Waals surface area contributed by atoms with Gasteiger partial charge in [0.2, 0.25) is 0 Å². The van der Waals surface area contributed by atoms with E-state index in [2.05, 4.69) is 31.9 Å². The van der Waals surface area contributed by atoms with Gasteiger partial charge in [-0.1, -0.05) is 18.2 Å². The van der Waals surface area contributed by atoms with Crippen LogP contribution in [-0.4, -0.2) is 24.0 Å². The summed E-state index contributed by atoms with van der Waals surface area (Å²) < 4.78 is 5.83. The number of hydrogen-bond acceptors (Lipinski definition) is 4. The molecule has 3 aromatic carbocycles. The first-order valence-electron chi connectivity index (χ1n) is 9.29. The fourth-order valence-corrected chi connectivity index (χ4v) is 3.56. The lowest BCUT2D eigenvalue weighted by atomic mass is 10.1. The Balaban J connectivity index is 1.63. The SMILES string of the molecule is COc1ccc(C(=O)NC(=S)Nc2cccc(C(=O)Nc3cccc(C)c3)c2)cc1Br. The number of carbonyl (C=O) groups is 2. The predicted octanol–water partition coefficient (Wildman–Crippen LogP) is 5.15. The number of aryl methyl sites for hydroxylation is 1. The summed E-state index contributed by atoms with van der Waals surface area (Å²) in [6.45, 7) is 1.96. The lowest BCUT2D eigenvalue weighted by Gasteiger charge is -2.12. The van der Waals surface area contributed by atoms with Gasteiger partial charge in [0.05, 0.1) is 11.6 Å². The molecule has 0 spiro atoms. The molecule has 0 atom stereocenters. The standard InChI is InChI=1S/C23H20BrN3O3S/c1-14-5-3-7-17(11-14)25-21(28)15-6-4-8-18(12-15)26-23(31)27-22(29)16-9-10-20(30-2)19(24)13-16/h3-13H,1-2H3,(H,25,28)(H2,26,27,29,31). The van der Waals surface area contributed by atoms with E-state index >= 15 is 0 Å². The van der Waals surface area contributed by atoms with Crippen LogP contribution in [0.15, 0.2) is 71.2 Å².